The van der Waals surface area contributed by atoms with Gasteiger partial charge < -0.3 is 24.8 Å². The number of imidazole rings is 1. The number of carbonyl (C=O) groups excluding carboxylic acids is 3. The van der Waals surface area contributed by atoms with Crippen molar-refractivity contribution in [1.29, 1.82) is 0 Å². The lowest BCUT2D eigenvalue weighted by atomic mass is 9.72. The van der Waals surface area contributed by atoms with Gasteiger partial charge >= 0.3 is 18.0 Å². The highest BCUT2D eigenvalue weighted by molar-refractivity contribution is 7.18. The molecular weight excluding hydrogens is 542 g/mol. The molecule has 1 saturated heterocycles. The van der Waals surface area contributed by atoms with Gasteiger partial charge in [0.15, 0.2) is 17.6 Å². The molecule has 2 aromatic rings. The first-order valence-electron chi connectivity index (χ1n) is 13.6. The Hall–Kier alpha value is -3.13. The smallest absolute Gasteiger partial charge is 0.474 e. The molecule has 1 saturated carbocycles. The predicted octanol–water partition coefficient (Wildman–Crippen LogP) is 2.76. The Kier molecular flexibility index (Phi) is 7.36. The molecule has 1 amide bonds. The van der Waals surface area contributed by atoms with Crippen molar-refractivity contribution in [2.45, 2.75) is 83.1 Å². The average molecular weight is 577 g/mol. The highest BCUT2D eigenvalue weighted by Gasteiger charge is 2.81. The summed E-state index contributed by atoms with van der Waals surface area (Å²) in [6.07, 6.45) is 5.31. The van der Waals surface area contributed by atoms with Crippen LogP contribution in [0.25, 0.3) is 10.4 Å². The van der Waals surface area contributed by atoms with Crippen molar-refractivity contribution in [3.05, 3.63) is 28.8 Å². The van der Waals surface area contributed by atoms with Crippen molar-refractivity contribution in [3.63, 3.8) is 0 Å². The molecule has 5 atom stereocenters. The zero-order chi connectivity index (χ0) is 29.0. The number of aromatic nitrogens is 2. The largest absolute Gasteiger partial charge is 0.509 e. The number of aliphatic hydroxyl groups is 2. The monoisotopic (exact) mass is 576 g/mol. The van der Waals surface area contributed by atoms with Gasteiger partial charge in [-0.3, -0.25) is 9.20 Å². The van der Waals surface area contributed by atoms with E-state index in [1.54, 1.807) is 13.1 Å². The number of Topliss-reactive ketones (excluding diaryl/α,β-unsaturated/α-hetero) is 1. The molecule has 216 valence electrons. The van der Waals surface area contributed by atoms with E-state index >= 15 is 0 Å². The number of ether oxygens (including phenoxy) is 2. The molecular formula is C27H34N3O9S+. The summed E-state index contributed by atoms with van der Waals surface area (Å²) < 4.78 is 12.7. The summed E-state index contributed by atoms with van der Waals surface area (Å²) in [5.74, 6) is -3.38. The van der Waals surface area contributed by atoms with Crippen molar-refractivity contribution in [2.75, 3.05) is 13.2 Å². The second-order valence-corrected chi connectivity index (χ2v) is 12.0. The second-order valence-electron chi connectivity index (χ2n) is 11.0. The number of ketones is 1. The van der Waals surface area contributed by atoms with Gasteiger partial charge in [-0.2, -0.15) is 0 Å². The zero-order valence-corrected chi connectivity index (χ0v) is 23.5. The molecule has 0 spiro atoms. The minimum absolute atomic E-state index is 0.0206. The summed E-state index contributed by atoms with van der Waals surface area (Å²) in [6, 6.07) is -0.905. The van der Waals surface area contributed by atoms with Crippen LogP contribution in [0, 0.1) is 5.92 Å². The summed E-state index contributed by atoms with van der Waals surface area (Å²) in [5, 5.41) is 30.6. The summed E-state index contributed by atoms with van der Waals surface area (Å²) in [5.41, 5.74) is -1.75. The number of amides is 1. The first-order chi connectivity index (χ1) is 19.0. The van der Waals surface area contributed by atoms with Crippen molar-refractivity contribution in [3.8, 4) is 0 Å². The average Bonchev–Trinajstić information content (AvgIpc) is 3.53. The minimum atomic E-state index is -1.67. The number of hydrogen-bond donors (Lipinski definition) is 3. The quantitative estimate of drug-likeness (QED) is 0.175. The SMILES string of the molecule is CCC[N+]12C(=O)[C@H]([C@@H](C)O)[C@@H]1[C@@](C)(OC(=O)OC1CCCCC1)C(c1cn3cnc(C(=O)CO)c3s1)=C2C(=O)O. The normalized spacial score (nSPS) is 29.3. The third-order valence-electron chi connectivity index (χ3n) is 8.46. The number of thiazole rings is 1. The van der Waals surface area contributed by atoms with E-state index in [0.29, 0.717) is 29.0 Å². The molecule has 2 aliphatic heterocycles. The highest BCUT2D eigenvalue weighted by Crippen LogP contribution is 2.60. The third kappa shape index (κ3) is 4.09. The number of rotatable bonds is 9. The Morgan fingerprint density at radius 3 is 2.58 bits per heavy atom. The van der Waals surface area contributed by atoms with Crippen LogP contribution in [-0.2, 0) is 19.1 Å². The van der Waals surface area contributed by atoms with Crippen LogP contribution in [0.5, 0.6) is 0 Å². The number of carbonyl (C=O) groups is 4. The van der Waals surface area contributed by atoms with E-state index in [-0.39, 0.29) is 29.6 Å². The highest BCUT2D eigenvalue weighted by atomic mass is 32.1. The molecule has 0 bridgehead atoms. The van der Waals surface area contributed by atoms with E-state index in [1.807, 2.05) is 6.92 Å². The lowest BCUT2D eigenvalue weighted by molar-refractivity contribution is -0.877. The van der Waals surface area contributed by atoms with Crippen molar-refractivity contribution in [2.24, 2.45) is 5.92 Å². The lowest BCUT2D eigenvalue weighted by Gasteiger charge is -2.54. The maximum absolute atomic E-state index is 13.7. The zero-order valence-electron chi connectivity index (χ0n) is 22.7. The Labute approximate surface area is 234 Å². The van der Waals surface area contributed by atoms with E-state index in [0.717, 1.165) is 30.6 Å². The number of hydrogen-bond acceptors (Lipinski definition) is 10. The Balaban J connectivity index is 1.69. The van der Waals surface area contributed by atoms with Crippen LogP contribution in [0.2, 0.25) is 0 Å². The lowest BCUT2D eigenvalue weighted by Crippen LogP contribution is -2.79. The molecule has 3 N–H and O–H groups in total. The number of carboxylic acid groups (broad SMARTS) is 1. The number of β-lactam (4-membered cyclic amide) rings is 1. The standard InChI is InChI=1S/C27H33N3O9S/c1-4-10-30-21(25(35)36)19(17-11-29-13-28-20(16(33)12-31)23(29)40-17)27(3,22(30)18(14(2)32)24(30)34)39-26(37)38-15-8-6-5-7-9-15/h11,13-15,18,22,31-32H,4-10,12H2,1-3H3/p+1/t14-,18-,22-,27+,30?/m1/s1. The van der Waals surface area contributed by atoms with Crippen molar-refractivity contribution in [1.82, 2.24) is 9.38 Å². The molecule has 3 aliphatic rings. The number of quaternary nitrogens is 1. The molecule has 4 heterocycles. The molecule has 0 aromatic carbocycles. The first kappa shape index (κ1) is 28.4. The van der Waals surface area contributed by atoms with Crippen LogP contribution in [0.3, 0.4) is 0 Å². The fourth-order valence-corrected chi connectivity index (χ4v) is 8.20. The molecule has 1 unspecified atom stereocenters. The van der Waals surface area contributed by atoms with Crippen LogP contribution in [0.4, 0.5) is 4.79 Å². The summed E-state index contributed by atoms with van der Waals surface area (Å²) >= 11 is 1.05. The van der Waals surface area contributed by atoms with Crippen molar-refractivity contribution < 1.29 is 48.5 Å². The number of nitrogens with zero attached hydrogens (tertiary/aromatic N) is 3. The van der Waals surface area contributed by atoms with Gasteiger partial charge in [0.25, 0.3) is 0 Å². The van der Waals surface area contributed by atoms with Crippen LogP contribution in [0.15, 0.2) is 18.2 Å². The van der Waals surface area contributed by atoms with Gasteiger partial charge in [0, 0.05) is 6.20 Å². The molecule has 1 aliphatic carbocycles. The maximum Gasteiger partial charge on any atom is 0.509 e. The van der Waals surface area contributed by atoms with Gasteiger partial charge in [0.05, 0.1) is 23.1 Å². The molecule has 0 radical (unpaired) electrons. The Morgan fingerprint density at radius 2 is 1.98 bits per heavy atom. The minimum Gasteiger partial charge on any atom is -0.474 e. The number of fused-ring (bicyclic) bond motifs is 2. The topological polar surface area (TPSA) is 165 Å². The van der Waals surface area contributed by atoms with Crippen LogP contribution < -0.4 is 0 Å². The van der Waals surface area contributed by atoms with Gasteiger partial charge in [0.1, 0.15) is 29.6 Å². The maximum atomic E-state index is 13.7. The van der Waals surface area contributed by atoms with Crippen LogP contribution in [0.1, 0.15) is 74.7 Å². The molecule has 2 fully saturated rings. The van der Waals surface area contributed by atoms with Crippen LogP contribution in [-0.4, -0.2) is 90.0 Å². The molecule has 13 heteroatoms. The van der Waals surface area contributed by atoms with E-state index in [2.05, 4.69) is 4.98 Å². The van der Waals surface area contributed by atoms with E-state index < -0.39 is 58.6 Å². The molecule has 12 nitrogen and oxygen atoms in total. The van der Waals surface area contributed by atoms with E-state index in [9.17, 15) is 34.5 Å². The van der Waals surface area contributed by atoms with Gasteiger partial charge in [-0.05, 0) is 46.0 Å². The number of carboxylic acids is 1. The second kappa shape index (κ2) is 10.4. The molecule has 40 heavy (non-hydrogen) atoms. The summed E-state index contributed by atoms with van der Waals surface area (Å²) in [6.45, 7) is 4.25. The van der Waals surface area contributed by atoms with Gasteiger partial charge in [-0.15, -0.1) is 11.3 Å². The Morgan fingerprint density at radius 1 is 1.27 bits per heavy atom. The first-order valence-corrected chi connectivity index (χ1v) is 14.4. The fraction of sp³-hybridized carbons (Fsp3) is 0.593. The fourth-order valence-electron chi connectivity index (χ4n) is 6.96. The third-order valence-corrected chi connectivity index (χ3v) is 9.59. The van der Waals surface area contributed by atoms with Gasteiger partial charge in [-0.25, -0.2) is 23.9 Å². The van der Waals surface area contributed by atoms with E-state index in [4.69, 9.17) is 9.47 Å². The summed E-state index contributed by atoms with van der Waals surface area (Å²) in [7, 11) is 0. The number of aliphatic hydroxyl groups excluding tert-OH is 2. The summed E-state index contributed by atoms with van der Waals surface area (Å²) in [4.78, 5) is 57.1. The predicted molar refractivity (Wildman–Crippen MR) is 141 cm³/mol. The number of aliphatic carboxylic acids is 1. The van der Waals surface area contributed by atoms with Crippen LogP contribution >= 0.6 is 11.3 Å². The van der Waals surface area contributed by atoms with E-state index in [1.165, 1.54) is 17.7 Å². The van der Waals surface area contributed by atoms with Crippen molar-refractivity contribution >= 4 is 45.6 Å². The Bertz CT molecular complexity index is 1410. The van der Waals surface area contributed by atoms with Gasteiger partial charge in [-0.1, -0.05) is 13.3 Å². The molecule has 2 aromatic heterocycles. The van der Waals surface area contributed by atoms with Gasteiger partial charge in [0.2, 0.25) is 11.5 Å². The molecule has 5 rings (SSSR count).